The Labute approximate surface area is 273 Å². The molecule has 0 aliphatic heterocycles. The number of aromatic hydroxyl groups is 1. The third-order valence-corrected chi connectivity index (χ3v) is 8.45. The number of phenolic OH excluding ortho intramolecular Hbond substituents is 1. The van der Waals surface area contributed by atoms with E-state index in [0.717, 1.165) is 27.8 Å². The zero-order valence-corrected chi connectivity index (χ0v) is 25.8. The molecule has 0 fully saturated rings. The zero-order chi connectivity index (χ0) is 33.3. The van der Waals surface area contributed by atoms with Gasteiger partial charge in [0.15, 0.2) is 0 Å². The second-order valence-electron chi connectivity index (χ2n) is 11.9. The molecule has 0 unspecified atom stereocenters. The molecule has 0 bridgehead atoms. The van der Waals surface area contributed by atoms with E-state index in [4.69, 9.17) is 11.5 Å². The molecule has 0 aromatic heterocycles. The number of carbonyl (C=O) groups excluding carboxylic acids is 4. The van der Waals surface area contributed by atoms with Gasteiger partial charge in [-0.1, -0.05) is 97.1 Å². The van der Waals surface area contributed by atoms with Gasteiger partial charge < -0.3 is 32.5 Å². The predicted octanol–water partition coefficient (Wildman–Crippen LogP) is 2.23. The summed E-state index contributed by atoms with van der Waals surface area (Å²) in [5, 5.41) is 18.2. The number of nitrogens with two attached hydrogens (primary N) is 2. The van der Waals surface area contributed by atoms with Crippen LogP contribution in [0.3, 0.4) is 0 Å². The molecule has 10 nitrogen and oxygen atoms in total. The van der Waals surface area contributed by atoms with Crippen LogP contribution in [0.4, 0.5) is 0 Å². The topological polar surface area (TPSA) is 177 Å². The molecule has 0 saturated heterocycles. The number of nitrogens with one attached hydrogen (secondary N) is 3. The standard InChI is InChI=1S/C37H39N5O5/c38-30(19-25-15-17-27(43)18-16-25)36(46)42-33-28-14-8-7-13-26(28)22-29(33)35(45)41-32(21-24-11-5-2-6-12-24)37(47)40-31(34(39)44)20-23-9-3-1-4-10-23/h1-18,29-33,43H,19-22,38H2,(H2,39,44)(H,40,47)(H,41,45)(H,42,46)/t29-,30-,31-,32-,33+/m0/s1. The summed E-state index contributed by atoms with van der Waals surface area (Å²) in [5.41, 5.74) is 16.1. The first-order chi connectivity index (χ1) is 22.7. The molecule has 0 spiro atoms. The van der Waals surface area contributed by atoms with Crippen LogP contribution in [0.1, 0.15) is 33.9 Å². The number of hydrogen-bond donors (Lipinski definition) is 6. The number of amides is 4. The van der Waals surface area contributed by atoms with Gasteiger partial charge in [0.1, 0.15) is 17.8 Å². The molecule has 4 amide bonds. The normalized spacial score (nSPS) is 17.0. The summed E-state index contributed by atoms with van der Waals surface area (Å²) < 4.78 is 0. The van der Waals surface area contributed by atoms with Gasteiger partial charge in [0.2, 0.25) is 23.6 Å². The number of primary amides is 1. The number of phenols is 1. The van der Waals surface area contributed by atoms with Crippen LogP contribution in [0, 0.1) is 5.92 Å². The molecule has 47 heavy (non-hydrogen) atoms. The highest BCUT2D eigenvalue weighted by atomic mass is 16.3. The zero-order valence-electron chi connectivity index (χ0n) is 25.8. The minimum atomic E-state index is -1.03. The van der Waals surface area contributed by atoms with Gasteiger partial charge in [-0.2, -0.15) is 0 Å². The molecule has 4 aromatic rings. The van der Waals surface area contributed by atoms with Gasteiger partial charge in [0, 0.05) is 12.8 Å². The summed E-state index contributed by atoms with van der Waals surface area (Å²) in [4.78, 5) is 53.5. The van der Waals surface area contributed by atoms with E-state index < -0.39 is 53.7 Å². The Hall–Kier alpha value is -5.48. The SMILES string of the molecule is NC(=O)[C@H](Cc1ccccc1)NC(=O)[C@H](Cc1ccccc1)NC(=O)[C@H]1Cc2ccccc2[C@H]1NC(=O)[C@@H](N)Cc1ccc(O)cc1. The maximum absolute atomic E-state index is 14.0. The first-order valence-electron chi connectivity index (χ1n) is 15.6. The molecule has 10 heteroatoms. The molecule has 0 radical (unpaired) electrons. The maximum atomic E-state index is 14.0. The summed E-state index contributed by atoms with van der Waals surface area (Å²) in [5.74, 6) is -2.70. The van der Waals surface area contributed by atoms with Crippen molar-refractivity contribution in [2.24, 2.45) is 17.4 Å². The number of hydrogen-bond acceptors (Lipinski definition) is 6. The molecule has 0 heterocycles. The fourth-order valence-electron chi connectivity index (χ4n) is 5.94. The number of carbonyl (C=O) groups is 4. The molecule has 8 N–H and O–H groups in total. The first kappa shape index (κ1) is 32.9. The fraction of sp³-hybridized carbons (Fsp3) is 0.243. The lowest BCUT2D eigenvalue weighted by Gasteiger charge is -2.27. The molecule has 5 rings (SSSR count). The number of benzene rings is 4. The lowest BCUT2D eigenvalue weighted by Crippen LogP contribution is -2.55. The predicted molar refractivity (Wildman–Crippen MR) is 178 cm³/mol. The van der Waals surface area contributed by atoms with Crippen LogP contribution >= 0.6 is 0 Å². The monoisotopic (exact) mass is 633 g/mol. The second-order valence-corrected chi connectivity index (χ2v) is 11.9. The van der Waals surface area contributed by atoms with Crippen LogP contribution < -0.4 is 27.4 Å². The van der Waals surface area contributed by atoms with E-state index in [0.29, 0.717) is 6.42 Å². The van der Waals surface area contributed by atoms with Gasteiger partial charge in [0.25, 0.3) is 0 Å². The maximum Gasteiger partial charge on any atom is 0.243 e. The van der Waals surface area contributed by atoms with Crippen molar-refractivity contribution in [3.8, 4) is 5.75 Å². The highest BCUT2D eigenvalue weighted by molar-refractivity contribution is 5.93. The van der Waals surface area contributed by atoms with Gasteiger partial charge >= 0.3 is 0 Å². The van der Waals surface area contributed by atoms with Crippen molar-refractivity contribution in [3.63, 3.8) is 0 Å². The lowest BCUT2D eigenvalue weighted by molar-refractivity contribution is -0.133. The van der Waals surface area contributed by atoms with Crippen molar-refractivity contribution >= 4 is 23.6 Å². The van der Waals surface area contributed by atoms with Gasteiger partial charge in [0.05, 0.1) is 18.0 Å². The van der Waals surface area contributed by atoms with Crippen LogP contribution in [0.25, 0.3) is 0 Å². The average molecular weight is 634 g/mol. The highest BCUT2D eigenvalue weighted by Gasteiger charge is 2.40. The van der Waals surface area contributed by atoms with E-state index in [1.165, 1.54) is 12.1 Å². The molecular formula is C37H39N5O5. The third-order valence-electron chi connectivity index (χ3n) is 8.45. The summed E-state index contributed by atoms with van der Waals surface area (Å²) in [7, 11) is 0. The largest absolute Gasteiger partial charge is 0.508 e. The molecular weight excluding hydrogens is 594 g/mol. The molecule has 5 atom stereocenters. The van der Waals surface area contributed by atoms with Crippen molar-refractivity contribution in [3.05, 3.63) is 137 Å². The lowest BCUT2D eigenvalue weighted by atomic mass is 9.96. The van der Waals surface area contributed by atoms with Gasteiger partial charge in [-0.05, 0) is 52.8 Å². The third kappa shape index (κ3) is 8.62. The molecule has 1 aliphatic rings. The minimum absolute atomic E-state index is 0.115. The Balaban J connectivity index is 1.34. The van der Waals surface area contributed by atoms with Crippen LogP contribution in [0.2, 0.25) is 0 Å². The first-order valence-corrected chi connectivity index (χ1v) is 15.6. The Bertz CT molecular complexity index is 1700. The van der Waals surface area contributed by atoms with Gasteiger partial charge in [-0.3, -0.25) is 19.2 Å². The van der Waals surface area contributed by atoms with E-state index in [1.54, 1.807) is 12.1 Å². The van der Waals surface area contributed by atoms with Crippen LogP contribution in [0.5, 0.6) is 5.75 Å². The van der Waals surface area contributed by atoms with Crippen LogP contribution in [-0.2, 0) is 44.9 Å². The average Bonchev–Trinajstić information content (AvgIpc) is 3.44. The van der Waals surface area contributed by atoms with E-state index >= 15 is 0 Å². The smallest absolute Gasteiger partial charge is 0.243 e. The Morgan fingerprint density at radius 2 is 1.23 bits per heavy atom. The Morgan fingerprint density at radius 3 is 1.85 bits per heavy atom. The quantitative estimate of drug-likeness (QED) is 0.132. The van der Waals surface area contributed by atoms with Crippen molar-refractivity contribution in [2.75, 3.05) is 0 Å². The molecule has 242 valence electrons. The number of fused-ring (bicyclic) bond motifs is 1. The van der Waals surface area contributed by atoms with E-state index in [-0.39, 0.29) is 25.0 Å². The van der Waals surface area contributed by atoms with Crippen molar-refractivity contribution < 1.29 is 24.3 Å². The molecule has 4 aromatic carbocycles. The summed E-state index contributed by atoms with van der Waals surface area (Å²) in [6, 6.07) is 28.8. The summed E-state index contributed by atoms with van der Waals surface area (Å²) in [6.07, 6.45) is 0.951. The van der Waals surface area contributed by atoms with Crippen molar-refractivity contribution in [1.29, 1.82) is 0 Å². The fourth-order valence-corrected chi connectivity index (χ4v) is 5.94. The van der Waals surface area contributed by atoms with Crippen LogP contribution in [0.15, 0.2) is 109 Å². The second kappa shape index (κ2) is 15.2. The Kier molecular flexibility index (Phi) is 10.6. The summed E-state index contributed by atoms with van der Waals surface area (Å²) in [6.45, 7) is 0. The van der Waals surface area contributed by atoms with E-state index in [1.807, 2.05) is 84.9 Å². The molecule has 0 saturated carbocycles. The highest BCUT2D eigenvalue weighted by Crippen LogP contribution is 2.36. The summed E-state index contributed by atoms with van der Waals surface area (Å²) >= 11 is 0. The molecule has 1 aliphatic carbocycles. The number of rotatable bonds is 13. The van der Waals surface area contributed by atoms with Crippen molar-refractivity contribution in [1.82, 2.24) is 16.0 Å². The minimum Gasteiger partial charge on any atom is -0.508 e. The van der Waals surface area contributed by atoms with Gasteiger partial charge in [-0.25, -0.2) is 0 Å². The van der Waals surface area contributed by atoms with Crippen molar-refractivity contribution in [2.45, 2.75) is 49.9 Å². The van der Waals surface area contributed by atoms with Crippen LogP contribution in [-0.4, -0.2) is 46.9 Å². The van der Waals surface area contributed by atoms with Gasteiger partial charge in [-0.15, -0.1) is 0 Å². The Morgan fingerprint density at radius 1 is 0.681 bits per heavy atom. The van der Waals surface area contributed by atoms with E-state index in [9.17, 15) is 24.3 Å². The van der Waals surface area contributed by atoms with E-state index in [2.05, 4.69) is 16.0 Å².